The maximum absolute atomic E-state index is 10.9. The van der Waals surface area contributed by atoms with E-state index >= 15 is 0 Å². The van der Waals surface area contributed by atoms with Crippen LogP contribution in [0.4, 0.5) is 0 Å². The number of ether oxygens (including phenoxy) is 2. The fourth-order valence-corrected chi connectivity index (χ4v) is 3.57. The van der Waals surface area contributed by atoms with Gasteiger partial charge in [0, 0.05) is 5.92 Å². The van der Waals surface area contributed by atoms with Crippen LogP contribution >= 0.6 is 25.3 Å². The molecule has 2 aliphatic rings. The van der Waals surface area contributed by atoms with Crippen LogP contribution in [0.3, 0.4) is 0 Å². The van der Waals surface area contributed by atoms with Gasteiger partial charge in [-0.25, -0.2) is 0 Å². The Morgan fingerprint density at radius 3 is 2.67 bits per heavy atom. The number of nitrogens with zero attached hydrogens (tertiary/aromatic N) is 1. The molecule has 0 saturated carbocycles. The van der Waals surface area contributed by atoms with Crippen molar-refractivity contribution in [3.05, 3.63) is 10.1 Å². The summed E-state index contributed by atoms with van der Waals surface area (Å²) in [5.41, 5.74) is -1.62. The summed E-state index contributed by atoms with van der Waals surface area (Å²) in [5, 5.41) is 30.2. The Hall–Kier alpha value is -0.260. The Bertz CT molecular complexity index is 423. The van der Waals surface area contributed by atoms with Gasteiger partial charge in [0.2, 0.25) is 0 Å². The van der Waals surface area contributed by atoms with Gasteiger partial charge in [-0.05, 0) is 6.92 Å². The van der Waals surface area contributed by atoms with Crippen LogP contribution in [0.15, 0.2) is 0 Å². The van der Waals surface area contributed by atoms with E-state index in [1.165, 1.54) is 6.92 Å². The van der Waals surface area contributed by atoms with Crippen molar-refractivity contribution < 1.29 is 29.6 Å². The molecular weight excluding hydrogens is 322 g/mol. The highest BCUT2D eigenvalue weighted by atomic mass is 32.2. The van der Waals surface area contributed by atoms with Gasteiger partial charge >= 0.3 is 0 Å². The molecule has 8 nitrogen and oxygen atoms in total. The molecule has 2 saturated heterocycles. The highest BCUT2D eigenvalue weighted by Gasteiger charge is 2.65. The minimum absolute atomic E-state index is 0.0462. The van der Waals surface area contributed by atoms with Crippen LogP contribution in [-0.4, -0.2) is 62.6 Å². The van der Waals surface area contributed by atoms with E-state index < -0.39 is 45.1 Å². The first-order chi connectivity index (χ1) is 9.61. The lowest BCUT2D eigenvalue weighted by molar-refractivity contribution is -0.769. The first-order valence-corrected chi connectivity index (χ1v) is 7.40. The molecule has 10 heteroatoms. The molecule has 0 aromatic rings. The Labute approximate surface area is 132 Å². The van der Waals surface area contributed by atoms with Gasteiger partial charge in [-0.3, -0.25) is 0 Å². The van der Waals surface area contributed by atoms with Crippen LogP contribution in [0, 0.1) is 16.0 Å². The van der Waals surface area contributed by atoms with E-state index in [9.17, 15) is 20.3 Å². The Balaban J connectivity index is 2.20. The van der Waals surface area contributed by atoms with Crippen molar-refractivity contribution in [2.75, 3.05) is 13.2 Å². The van der Waals surface area contributed by atoms with Gasteiger partial charge in [-0.1, -0.05) is 6.92 Å². The quantitative estimate of drug-likeness (QED) is 0.234. The average Bonchev–Trinajstić information content (AvgIpc) is 2.91. The fourth-order valence-electron chi connectivity index (χ4n) is 2.77. The molecule has 0 radical (unpaired) electrons. The van der Waals surface area contributed by atoms with Crippen molar-refractivity contribution in [3.63, 3.8) is 0 Å². The molecule has 122 valence electrons. The van der Waals surface area contributed by atoms with Crippen LogP contribution in [0.1, 0.15) is 13.8 Å². The number of hydrogen-bond acceptors (Lipinski definition) is 9. The zero-order valence-electron chi connectivity index (χ0n) is 11.6. The molecule has 0 amide bonds. The zero-order chi connectivity index (χ0) is 16.0. The summed E-state index contributed by atoms with van der Waals surface area (Å²) < 4.78 is 9.43. The Kier molecular flexibility index (Phi) is 4.68. The molecular formula is C11H19NO7S2. The zero-order valence-corrected chi connectivity index (χ0v) is 13.4. The molecule has 2 unspecified atom stereocenters. The number of aliphatic hydroxyl groups is 2. The SMILES string of the molecule is CC(O[N+](=O)[O-])C(C)C(S)(S)[C@]1(O)CO[C@@H]2[C@@H](O)CO[C@@H]21. The molecule has 2 N–H and O–H groups in total. The maximum atomic E-state index is 10.9. The minimum Gasteiger partial charge on any atom is -0.388 e. The number of aliphatic hydroxyl groups excluding tert-OH is 1. The summed E-state index contributed by atoms with van der Waals surface area (Å²) in [6, 6.07) is 0. The summed E-state index contributed by atoms with van der Waals surface area (Å²) in [6.07, 6.45) is -3.13. The highest BCUT2D eigenvalue weighted by Crippen LogP contribution is 2.50. The van der Waals surface area contributed by atoms with Crippen LogP contribution in [-0.2, 0) is 14.3 Å². The van der Waals surface area contributed by atoms with Gasteiger partial charge in [0.15, 0.2) is 0 Å². The fraction of sp³-hybridized carbons (Fsp3) is 1.00. The molecule has 6 atom stereocenters. The van der Waals surface area contributed by atoms with E-state index in [0.717, 1.165) is 0 Å². The largest absolute Gasteiger partial charge is 0.388 e. The second kappa shape index (κ2) is 5.74. The third kappa shape index (κ3) is 2.73. The molecule has 2 rings (SSSR count). The molecule has 0 aromatic heterocycles. The van der Waals surface area contributed by atoms with Crippen molar-refractivity contribution in [3.8, 4) is 0 Å². The van der Waals surface area contributed by atoms with Crippen LogP contribution < -0.4 is 0 Å². The average molecular weight is 341 g/mol. The van der Waals surface area contributed by atoms with E-state index in [2.05, 4.69) is 30.1 Å². The summed E-state index contributed by atoms with van der Waals surface area (Å²) in [6.45, 7) is 3.03. The second-order valence-corrected chi connectivity index (χ2v) is 7.33. The summed E-state index contributed by atoms with van der Waals surface area (Å²) in [7, 11) is 0. The maximum Gasteiger partial charge on any atom is 0.294 e. The van der Waals surface area contributed by atoms with Crippen molar-refractivity contribution in [2.45, 2.75) is 47.9 Å². The molecule has 2 aliphatic heterocycles. The predicted octanol–water partition coefficient (Wildman–Crippen LogP) is -0.335. The molecule has 2 heterocycles. The van der Waals surface area contributed by atoms with Gasteiger partial charge in [-0.15, -0.1) is 10.1 Å². The lowest BCUT2D eigenvalue weighted by atomic mass is 9.83. The Morgan fingerprint density at radius 1 is 1.48 bits per heavy atom. The molecule has 0 bridgehead atoms. The van der Waals surface area contributed by atoms with Gasteiger partial charge < -0.3 is 24.5 Å². The lowest BCUT2D eigenvalue weighted by Crippen LogP contribution is -2.60. The molecule has 21 heavy (non-hydrogen) atoms. The van der Waals surface area contributed by atoms with Gasteiger partial charge in [0.05, 0.1) is 17.3 Å². The number of fused-ring (bicyclic) bond motifs is 1. The second-order valence-electron chi connectivity index (χ2n) is 5.57. The monoisotopic (exact) mass is 341 g/mol. The smallest absolute Gasteiger partial charge is 0.294 e. The van der Waals surface area contributed by atoms with Crippen LogP contribution in [0.2, 0.25) is 0 Å². The van der Waals surface area contributed by atoms with Crippen molar-refractivity contribution in [1.29, 1.82) is 0 Å². The first-order valence-electron chi connectivity index (χ1n) is 6.51. The van der Waals surface area contributed by atoms with E-state index in [-0.39, 0.29) is 13.2 Å². The Morgan fingerprint density at radius 2 is 2.10 bits per heavy atom. The third-order valence-electron chi connectivity index (χ3n) is 4.32. The third-order valence-corrected chi connectivity index (χ3v) is 5.91. The standard InChI is InChI=1S/C11H19NO7S2/c1-5(6(2)19-12(15)16)11(20,21)10(14)4-18-8-7(13)3-17-9(8)10/h5-9,13-14,20-21H,3-4H2,1-2H3/t5?,6?,7-,8+,9-,10-/m0/s1. The number of rotatable bonds is 5. The lowest BCUT2D eigenvalue weighted by Gasteiger charge is -2.45. The predicted molar refractivity (Wildman–Crippen MR) is 77.8 cm³/mol. The van der Waals surface area contributed by atoms with Crippen LogP contribution in [0.25, 0.3) is 0 Å². The number of thiol groups is 2. The minimum atomic E-state index is -1.62. The van der Waals surface area contributed by atoms with Gasteiger partial charge in [-0.2, -0.15) is 25.3 Å². The normalized spacial score (nSPS) is 38.9. The summed E-state index contributed by atoms with van der Waals surface area (Å²) in [4.78, 5) is 15.0. The van der Waals surface area contributed by atoms with E-state index in [1.54, 1.807) is 6.92 Å². The molecule has 0 aromatic carbocycles. The molecule has 0 aliphatic carbocycles. The van der Waals surface area contributed by atoms with E-state index in [4.69, 9.17) is 9.47 Å². The first kappa shape index (κ1) is 17.1. The topological polar surface area (TPSA) is 111 Å². The van der Waals surface area contributed by atoms with Crippen molar-refractivity contribution in [2.24, 2.45) is 5.92 Å². The summed E-state index contributed by atoms with van der Waals surface area (Å²) in [5.74, 6) is -0.608. The van der Waals surface area contributed by atoms with E-state index in [1.807, 2.05) is 0 Å². The van der Waals surface area contributed by atoms with Gasteiger partial charge in [0.1, 0.15) is 30.0 Å². The van der Waals surface area contributed by atoms with Gasteiger partial charge in [0.25, 0.3) is 5.09 Å². The van der Waals surface area contributed by atoms with E-state index in [0.29, 0.717) is 0 Å². The van der Waals surface area contributed by atoms with Crippen molar-refractivity contribution in [1.82, 2.24) is 0 Å². The molecule has 2 fully saturated rings. The van der Waals surface area contributed by atoms with Crippen LogP contribution in [0.5, 0.6) is 0 Å². The highest BCUT2D eigenvalue weighted by molar-refractivity contribution is 8.00. The summed E-state index contributed by atoms with van der Waals surface area (Å²) >= 11 is 8.81. The van der Waals surface area contributed by atoms with Crippen molar-refractivity contribution >= 4 is 25.3 Å². The number of hydrogen-bond donors (Lipinski definition) is 4. The molecule has 0 spiro atoms.